The van der Waals surface area contributed by atoms with Crippen LogP contribution in [-0.4, -0.2) is 42.8 Å². The summed E-state index contributed by atoms with van der Waals surface area (Å²) in [6.45, 7) is 10.4. The van der Waals surface area contributed by atoms with E-state index in [-0.39, 0.29) is 23.4 Å². The zero-order chi connectivity index (χ0) is 22.7. The van der Waals surface area contributed by atoms with Crippen molar-refractivity contribution in [2.24, 2.45) is 11.3 Å². The average molecular weight is 439 g/mol. The van der Waals surface area contributed by atoms with E-state index in [1.54, 1.807) is 0 Å². The Morgan fingerprint density at radius 1 is 1.16 bits per heavy atom. The first-order chi connectivity index (χ1) is 14.8. The minimum absolute atomic E-state index is 0.0395. The van der Waals surface area contributed by atoms with Crippen LogP contribution in [0.1, 0.15) is 105 Å². The Morgan fingerprint density at radius 3 is 2.55 bits per heavy atom. The van der Waals surface area contributed by atoms with E-state index in [0.29, 0.717) is 26.2 Å². The van der Waals surface area contributed by atoms with Crippen LogP contribution in [0.25, 0.3) is 0 Å². The van der Waals surface area contributed by atoms with Gasteiger partial charge in [-0.15, -0.1) is 0 Å². The second-order valence-electron chi connectivity index (χ2n) is 9.89. The van der Waals surface area contributed by atoms with E-state index in [4.69, 9.17) is 14.2 Å². The summed E-state index contributed by atoms with van der Waals surface area (Å²) in [4.78, 5) is 11.4. The summed E-state index contributed by atoms with van der Waals surface area (Å²) in [7, 11) is 0. The second kappa shape index (κ2) is 13.0. The summed E-state index contributed by atoms with van der Waals surface area (Å²) in [5.74, 6) is -0.381. The molecule has 2 aliphatic rings. The van der Waals surface area contributed by atoms with Gasteiger partial charge in [-0.1, -0.05) is 64.5 Å². The number of carbonyl (C=O) groups is 1. The minimum Gasteiger partial charge on any atom is -0.466 e. The second-order valence-corrected chi connectivity index (χ2v) is 9.89. The van der Waals surface area contributed by atoms with Gasteiger partial charge in [0.1, 0.15) is 0 Å². The molecule has 0 aromatic rings. The Morgan fingerprint density at radius 2 is 1.87 bits per heavy atom. The van der Waals surface area contributed by atoms with Crippen molar-refractivity contribution in [3.8, 4) is 0 Å². The maximum atomic E-state index is 11.4. The maximum absolute atomic E-state index is 11.4. The van der Waals surface area contributed by atoms with Crippen LogP contribution in [0.2, 0.25) is 0 Å². The number of esters is 1. The Hall–Kier alpha value is -0.910. The highest BCUT2D eigenvalue weighted by molar-refractivity contribution is 5.69. The number of aliphatic hydroxyl groups excluding tert-OH is 1. The predicted octanol–water partition coefficient (Wildman–Crippen LogP) is 5.94. The molecule has 2 fully saturated rings. The summed E-state index contributed by atoms with van der Waals surface area (Å²) in [5, 5.41) is 10.6. The van der Waals surface area contributed by atoms with Gasteiger partial charge in [0.25, 0.3) is 0 Å². The van der Waals surface area contributed by atoms with E-state index in [1.165, 1.54) is 18.4 Å². The summed E-state index contributed by atoms with van der Waals surface area (Å²) in [5.41, 5.74) is 1.34. The first kappa shape index (κ1) is 26.3. The lowest BCUT2D eigenvalue weighted by Gasteiger charge is -2.42. The van der Waals surface area contributed by atoms with Gasteiger partial charge >= 0.3 is 5.97 Å². The molecule has 180 valence electrons. The van der Waals surface area contributed by atoms with Crippen LogP contribution in [0, 0.1) is 11.3 Å². The maximum Gasteiger partial charge on any atom is 0.305 e. The molecule has 0 bridgehead atoms. The predicted molar refractivity (Wildman–Crippen MR) is 124 cm³/mol. The van der Waals surface area contributed by atoms with Gasteiger partial charge in [0.05, 0.1) is 25.9 Å². The summed E-state index contributed by atoms with van der Waals surface area (Å²) in [6.07, 6.45) is 13.8. The molecule has 5 nitrogen and oxygen atoms in total. The third kappa shape index (κ3) is 7.57. The number of hydrogen-bond donors (Lipinski definition) is 1. The first-order valence-electron chi connectivity index (χ1n) is 12.7. The third-order valence-electron chi connectivity index (χ3n) is 7.19. The van der Waals surface area contributed by atoms with E-state index in [1.807, 2.05) is 6.92 Å². The molecule has 0 aromatic heterocycles. The molecule has 0 aromatic carbocycles. The van der Waals surface area contributed by atoms with Crippen LogP contribution in [0.3, 0.4) is 0 Å². The van der Waals surface area contributed by atoms with Crippen molar-refractivity contribution >= 4 is 5.97 Å². The molecule has 2 atom stereocenters. The summed E-state index contributed by atoms with van der Waals surface area (Å²) < 4.78 is 17.4. The minimum atomic E-state index is -0.541. The van der Waals surface area contributed by atoms with Crippen LogP contribution < -0.4 is 0 Å². The molecule has 0 radical (unpaired) electrons. The van der Waals surface area contributed by atoms with Gasteiger partial charge < -0.3 is 19.3 Å². The molecule has 1 N–H and O–H groups in total. The van der Waals surface area contributed by atoms with Gasteiger partial charge in [-0.05, 0) is 39.0 Å². The smallest absolute Gasteiger partial charge is 0.305 e. The van der Waals surface area contributed by atoms with Crippen molar-refractivity contribution in [2.75, 3.05) is 19.8 Å². The van der Waals surface area contributed by atoms with Crippen LogP contribution >= 0.6 is 0 Å². The van der Waals surface area contributed by atoms with Crippen molar-refractivity contribution < 1.29 is 24.1 Å². The van der Waals surface area contributed by atoms with Crippen LogP contribution in [-0.2, 0) is 19.0 Å². The van der Waals surface area contributed by atoms with Gasteiger partial charge in [-0.3, -0.25) is 4.79 Å². The van der Waals surface area contributed by atoms with E-state index >= 15 is 0 Å². The quantitative estimate of drug-likeness (QED) is 0.207. The molecular formula is C26H46O5. The normalized spacial score (nSPS) is 24.7. The molecule has 0 spiro atoms. The van der Waals surface area contributed by atoms with Gasteiger partial charge in [0, 0.05) is 24.2 Å². The van der Waals surface area contributed by atoms with Gasteiger partial charge in [-0.2, -0.15) is 0 Å². The number of carbonyl (C=O) groups excluding carboxylic acids is 1. The van der Waals surface area contributed by atoms with Crippen LogP contribution in [0.4, 0.5) is 0 Å². The van der Waals surface area contributed by atoms with Gasteiger partial charge in [-0.25, -0.2) is 0 Å². The number of rotatable bonds is 14. The Bertz CT molecular complexity index is 562. The molecule has 1 aliphatic heterocycles. The summed E-state index contributed by atoms with van der Waals surface area (Å²) >= 11 is 0. The monoisotopic (exact) mass is 438 g/mol. The largest absolute Gasteiger partial charge is 0.466 e. The molecular weight excluding hydrogens is 392 g/mol. The number of unbranched alkanes of at least 4 members (excludes halogenated alkanes) is 4. The lowest BCUT2D eigenvalue weighted by Crippen LogP contribution is -2.45. The van der Waals surface area contributed by atoms with Gasteiger partial charge in [0.15, 0.2) is 5.79 Å². The van der Waals surface area contributed by atoms with E-state index < -0.39 is 5.79 Å². The van der Waals surface area contributed by atoms with Crippen molar-refractivity contribution in [3.05, 3.63) is 11.6 Å². The topological polar surface area (TPSA) is 65.0 Å². The Kier molecular flexibility index (Phi) is 11.0. The molecule has 5 heteroatoms. The van der Waals surface area contributed by atoms with Gasteiger partial charge in [0.2, 0.25) is 0 Å². The molecule has 2 rings (SSSR count). The number of hydrogen-bond acceptors (Lipinski definition) is 5. The molecule has 1 heterocycles. The van der Waals surface area contributed by atoms with Crippen LogP contribution in [0.15, 0.2) is 11.6 Å². The molecule has 1 saturated carbocycles. The highest BCUT2D eigenvalue weighted by Crippen LogP contribution is 2.46. The summed E-state index contributed by atoms with van der Waals surface area (Å²) in [6, 6.07) is 0. The molecule has 1 aliphatic carbocycles. The molecule has 31 heavy (non-hydrogen) atoms. The SMILES string of the molecule is CCCCC(C)(C)C1(CC=C2CC[C@@H](O)[C@@H]2CCCCCCC(=O)OCC)OCCO1. The lowest BCUT2D eigenvalue weighted by molar-refractivity contribution is -0.227. The zero-order valence-corrected chi connectivity index (χ0v) is 20.4. The van der Waals surface area contributed by atoms with E-state index in [2.05, 4.69) is 26.8 Å². The molecule has 1 saturated heterocycles. The Labute approximate surface area is 189 Å². The fourth-order valence-corrected chi connectivity index (χ4v) is 5.11. The van der Waals surface area contributed by atoms with Crippen molar-refractivity contribution in [3.63, 3.8) is 0 Å². The van der Waals surface area contributed by atoms with E-state index in [0.717, 1.165) is 57.8 Å². The highest BCUT2D eigenvalue weighted by Gasteiger charge is 2.49. The zero-order valence-electron chi connectivity index (χ0n) is 20.4. The fourth-order valence-electron chi connectivity index (χ4n) is 5.11. The third-order valence-corrected chi connectivity index (χ3v) is 7.19. The van der Waals surface area contributed by atoms with Crippen molar-refractivity contribution in [1.29, 1.82) is 0 Å². The average Bonchev–Trinajstić information content (AvgIpc) is 3.36. The number of ether oxygens (including phenoxy) is 3. The van der Waals surface area contributed by atoms with Crippen molar-refractivity contribution in [2.45, 2.75) is 117 Å². The molecule has 0 amide bonds. The first-order valence-corrected chi connectivity index (χ1v) is 12.7. The van der Waals surface area contributed by atoms with Crippen LogP contribution in [0.5, 0.6) is 0 Å². The highest BCUT2D eigenvalue weighted by atomic mass is 16.7. The Balaban J connectivity index is 1.86. The molecule has 0 unspecified atom stereocenters. The standard InChI is InChI=1S/C26H46O5/c1-5-7-17-25(3,4)26(30-19-20-31-26)18-16-21-14-15-23(27)22(21)12-10-8-9-11-13-24(28)29-6-2/h16,22-23,27H,5-15,17-20H2,1-4H3/t22-,23-/m1/s1. The van der Waals surface area contributed by atoms with Crippen molar-refractivity contribution in [1.82, 2.24) is 0 Å². The van der Waals surface area contributed by atoms with E-state index in [9.17, 15) is 9.90 Å². The fraction of sp³-hybridized carbons (Fsp3) is 0.885. The number of aliphatic hydroxyl groups is 1. The lowest BCUT2D eigenvalue weighted by atomic mass is 9.76.